The molecule has 0 saturated carbocycles. The molecular weight excluding hydrogens is 310 g/mol. The summed E-state index contributed by atoms with van der Waals surface area (Å²) < 4.78 is 5.59. The highest BCUT2D eigenvalue weighted by Crippen LogP contribution is 2.20. The maximum atomic E-state index is 11.1. The van der Waals surface area contributed by atoms with Crippen LogP contribution in [0.2, 0.25) is 0 Å². The van der Waals surface area contributed by atoms with E-state index in [1.165, 1.54) is 12.1 Å². The average Bonchev–Trinajstić information content (AvgIpc) is 2.60. The van der Waals surface area contributed by atoms with Gasteiger partial charge in [0, 0.05) is 17.2 Å². The molecule has 0 unspecified atom stereocenters. The van der Waals surface area contributed by atoms with Crippen LogP contribution in [-0.2, 0) is 16.2 Å². The predicted molar refractivity (Wildman–Crippen MR) is 85.2 cm³/mol. The Morgan fingerprint density at radius 1 is 1.12 bits per heavy atom. The number of benzene rings is 2. The molecule has 6 nitrogen and oxygen atoms in total. The molecule has 2 aromatic carbocycles. The van der Waals surface area contributed by atoms with E-state index in [0.29, 0.717) is 23.0 Å². The van der Waals surface area contributed by atoms with Crippen molar-refractivity contribution in [3.05, 3.63) is 71.3 Å². The number of carboxylic acids is 1. The zero-order valence-electron chi connectivity index (χ0n) is 12.5. The first-order valence-corrected chi connectivity index (χ1v) is 6.90. The van der Waals surface area contributed by atoms with Crippen LogP contribution < -0.4 is 4.74 Å². The molecule has 0 atom stereocenters. The van der Waals surface area contributed by atoms with Gasteiger partial charge in [-0.2, -0.15) is 5.26 Å². The van der Waals surface area contributed by atoms with Gasteiger partial charge in [0.25, 0.3) is 5.78 Å². The summed E-state index contributed by atoms with van der Waals surface area (Å²) in [5.41, 5.74) is 1.46. The van der Waals surface area contributed by atoms with Crippen molar-refractivity contribution in [2.45, 2.75) is 6.61 Å². The van der Waals surface area contributed by atoms with Crippen molar-refractivity contribution in [1.82, 2.24) is 0 Å². The summed E-state index contributed by atoms with van der Waals surface area (Å²) in [6.07, 6.45) is 0.631. The zero-order valence-corrected chi connectivity index (χ0v) is 12.5. The number of aliphatic hydroxyl groups excluding tert-OH is 1. The lowest BCUT2D eigenvalue weighted by Gasteiger charge is -2.09. The Balaban J connectivity index is 2.15. The second kappa shape index (κ2) is 7.61. The number of nitrogens with zero attached hydrogens (tertiary/aromatic N) is 1. The molecule has 0 aliphatic rings. The van der Waals surface area contributed by atoms with E-state index in [9.17, 15) is 14.7 Å². The standard InChI is InChI=1S/C18H13NO5/c19-10-13-4-1-2-5-14(13)11-24-15-7-3-6-12(8-15)16(20)9-17(21)18(22)23/h1-9,20H,11H2,(H,22,23). The third-order valence-electron chi connectivity index (χ3n) is 3.14. The number of carboxylic acid groups (broad SMARTS) is 1. The van der Waals surface area contributed by atoms with Gasteiger partial charge in [0.05, 0.1) is 11.6 Å². The molecule has 0 bridgehead atoms. The SMILES string of the molecule is N#Cc1ccccc1COc1cccc(C(O)=CC(=O)C(=O)O)c1. The van der Waals surface area contributed by atoms with E-state index < -0.39 is 17.5 Å². The number of hydrogen-bond donors (Lipinski definition) is 2. The number of carbonyl (C=O) groups excluding carboxylic acids is 1. The van der Waals surface area contributed by atoms with Gasteiger partial charge in [0.15, 0.2) is 0 Å². The smallest absolute Gasteiger partial charge is 0.376 e. The van der Waals surface area contributed by atoms with Gasteiger partial charge < -0.3 is 14.9 Å². The highest BCUT2D eigenvalue weighted by atomic mass is 16.5. The molecule has 0 heterocycles. The van der Waals surface area contributed by atoms with Crippen molar-refractivity contribution in [3.8, 4) is 11.8 Å². The fraction of sp³-hybridized carbons (Fsp3) is 0.0556. The highest BCUT2D eigenvalue weighted by Gasteiger charge is 2.11. The quantitative estimate of drug-likeness (QED) is 0.481. The molecule has 120 valence electrons. The van der Waals surface area contributed by atoms with Gasteiger partial charge >= 0.3 is 5.97 Å². The van der Waals surface area contributed by atoms with E-state index in [0.717, 1.165) is 0 Å². The minimum absolute atomic E-state index is 0.158. The topological polar surface area (TPSA) is 108 Å². The number of rotatable bonds is 6. The first-order valence-electron chi connectivity index (χ1n) is 6.90. The molecule has 2 N–H and O–H groups in total. The lowest BCUT2D eigenvalue weighted by molar-refractivity contribution is -0.146. The van der Waals surface area contributed by atoms with E-state index in [1.807, 2.05) is 0 Å². The first-order chi connectivity index (χ1) is 11.5. The lowest BCUT2D eigenvalue weighted by atomic mass is 10.1. The van der Waals surface area contributed by atoms with Crippen molar-refractivity contribution in [2.24, 2.45) is 0 Å². The summed E-state index contributed by atoms with van der Waals surface area (Å²) in [6, 6.07) is 15.3. The van der Waals surface area contributed by atoms with E-state index in [1.54, 1.807) is 36.4 Å². The number of ketones is 1. The van der Waals surface area contributed by atoms with Gasteiger partial charge in [-0.1, -0.05) is 30.3 Å². The maximum Gasteiger partial charge on any atom is 0.376 e. The molecule has 0 fully saturated rings. The summed E-state index contributed by atoms with van der Waals surface area (Å²) in [5, 5.41) is 27.4. The molecule has 0 amide bonds. The molecule has 0 radical (unpaired) electrons. The normalized spacial score (nSPS) is 10.7. The number of hydrogen-bond acceptors (Lipinski definition) is 5. The summed E-state index contributed by atoms with van der Waals surface area (Å²) in [7, 11) is 0. The molecule has 0 aliphatic carbocycles. The molecule has 0 spiro atoms. The number of nitriles is 1. The van der Waals surface area contributed by atoms with Crippen LogP contribution in [0.4, 0.5) is 0 Å². The van der Waals surface area contributed by atoms with Crippen LogP contribution in [-0.4, -0.2) is 22.0 Å². The van der Waals surface area contributed by atoms with Crippen molar-refractivity contribution >= 4 is 17.5 Å². The van der Waals surface area contributed by atoms with E-state index in [4.69, 9.17) is 15.1 Å². The van der Waals surface area contributed by atoms with Crippen LogP contribution in [0.1, 0.15) is 16.7 Å². The third-order valence-corrected chi connectivity index (χ3v) is 3.14. The van der Waals surface area contributed by atoms with Crippen molar-refractivity contribution in [3.63, 3.8) is 0 Å². The fourth-order valence-corrected chi connectivity index (χ4v) is 1.93. The highest BCUT2D eigenvalue weighted by molar-refractivity contribution is 6.38. The number of carbonyl (C=O) groups is 2. The second-order valence-electron chi connectivity index (χ2n) is 4.78. The van der Waals surface area contributed by atoms with Crippen molar-refractivity contribution < 1.29 is 24.5 Å². The Labute approximate surface area is 137 Å². The largest absolute Gasteiger partial charge is 0.507 e. The molecule has 0 aromatic heterocycles. The van der Waals surface area contributed by atoms with Gasteiger partial charge in [-0.05, 0) is 18.2 Å². The zero-order chi connectivity index (χ0) is 17.5. The Bertz CT molecular complexity index is 848. The van der Waals surface area contributed by atoms with Crippen molar-refractivity contribution in [2.75, 3.05) is 0 Å². The Morgan fingerprint density at radius 2 is 1.88 bits per heavy atom. The molecule has 0 aliphatic heterocycles. The van der Waals surface area contributed by atoms with Crippen molar-refractivity contribution in [1.29, 1.82) is 5.26 Å². The Hall–Kier alpha value is -3.59. The minimum atomic E-state index is -1.65. The molecule has 0 saturated heterocycles. The summed E-state index contributed by atoms with van der Waals surface area (Å²) in [4.78, 5) is 21.6. The molecular formula is C18H13NO5. The summed E-state index contributed by atoms with van der Waals surface area (Å²) >= 11 is 0. The van der Waals surface area contributed by atoms with Crippen LogP contribution in [0, 0.1) is 11.3 Å². The van der Waals surface area contributed by atoms with Crippen LogP contribution in [0.3, 0.4) is 0 Å². The lowest BCUT2D eigenvalue weighted by Crippen LogP contribution is -2.09. The monoisotopic (exact) mass is 323 g/mol. The van der Waals surface area contributed by atoms with Gasteiger partial charge in [0.1, 0.15) is 18.1 Å². The maximum absolute atomic E-state index is 11.1. The van der Waals surface area contributed by atoms with E-state index in [2.05, 4.69) is 6.07 Å². The van der Waals surface area contributed by atoms with Gasteiger partial charge in [-0.3, -0.25) is 4.79 Å². The average molecular weight is 323 g/mol. The number of ether oxygens (including phenoxy) is 1. The number of aliphatic carboxylic acids is 1. The van der Waals surface area contributed by atoms with Gasteiger partial charge in [0.2, 0.25) is 0 Å². The molecule has 6 heteroatoms. The molecule has 2 aromatic rings. The van der Waals surface area contributed by atoms with Gasteiger partial charge in [-0.15, -0.1) is 0 Å². The van der Waals surface area contributed by atoms with Crippen LogP contribution in [0.5, 0.6) is 5.75 Å². The van der Waals surface area contributed by atoms with Crippen LogP contribution >= 0.6 is 0 Å². The first kappa shape index (κ1) is 16.8. The number of aliphatic hydroxyl groups is 1. The van der Waals surface area contributed by atoms with Gasteiger partial charge in [-0.25, -0.2) is 4.79 Å². The Morgan fingerprint density at radius 3 is 2.58 bits per heavy atom. The summed E-state index contributed by atoms with van der Waals surface area (Å²) in [6.45, 7) is 0.158. The minimum Gasteiger partial charge on any atom is -0.507 e. The predicted octanol–water partition coefficient (Wildman–Crippen LogP) is 2.69. The molecule has 24 heavy (non-hydrogen) atoms. The van der Waals surface area contributed by atoms with Crippen LogP contribution in [0.15, 0.2) is 54.6 Å². The molecule has 2 rings (SSSR count). The second-order valence-corrected chi connectivity index (χ2v) is 4.78. The summed E-state index contributed by atoms with van der Waals surface area (Å²) in [5.74, 6) is -2.93. The Kier molecular flexibility index (Phi) is 5.32. The third kappa shape index (κ3) is 4.21. The fourth-order valence-electron chi connectivity index (χ4n) is 1.93. The van der Waals surface area contributed by atoms with Crippen LogP contribution in [0.25, 0.3) is 5.76 Å². The van der Waals surface area contributed by atoms with E-state index >= 15 is 0 Å². The van der Waals surface area contributed by atoms with E-state index in [-0.39, 0.29) is 12.2 Å².